The van der Waals surface area contributed by atoms with Crippen molar-refractivity contribution in [3.05, 3.63) is 34.5 Å². The van der Waals surface area contributed by atoms with E-state index in [-0.39, 0.29) is 17.2 Å². The molecule has 1 atom stereocenters. The molecule has 3 rings (SSSR count). The van der Waals surface area contributed by atoms with Crippen molar-refractivity contribution < 1.29 is 22.4 Å². The highest BCUT2D eigenvalue weighted by Gasteiger charge is 2.45. The van der Waals surface area contributed by atoms with Gasteiger partial charge < -0.3 is 14.6 Å². The summed E-state index contributed by atoms with van der Waals surface area (Å²) in [6, 6.07) is 2.89. The molecule has 0 spiro atoms. The molecule has 0 N–H and O–H groups in total. The van der Waals surface area contributed by atoms with Crippen molar-refractivity contribution in [1.82, 2.24) is 9.80 Å². The number of alkyl halides is 3. The number of halogens is 4. The molecule has 2 aliphatic heterocycles. The summed E-state index contributed by atoms with van der Waals surface area (Å²) in [6.07, 6.45) is -2.66. The fourth-order valence-corrected chi connectivity index (χ4v) is 4.39. The van der Waals surface area contributed by atoms with Gasteiger partial charge >= 0.3 is 6.30 Å². The van der Waals surface area contributed by atoms with Crippen LogP contribution in [-0.4, -0.2) is 74.0 Å². The lowest BCUT2D eigenvalue weighted by Gasteiger charge is -2.36. The molecule has 4 nitrogen and oxygen atoms in total. The number of nitrogens with zero attached hydrogens (tertiary/aromatic N) is 3. The van der Waals surface area contributed by atoms with Crippen LogP contribution in [-0.2, 0) is 4.79 Å². The Balaban J connectivity index is 1.94. The average Bonchev–Trinajstić information content (AvgIpc) is 2.63. The molecular weight excluding hydrogens is 382 g/mol. The number of rotatable bonds is 3. The highest BCUT2D eigenvalue weighted by molar-refractivity contribution is 8.03. The summed E-state index contributed by atoms with van der Waals surface area (Å²) in [7, 11) is 2.00. The predicted octanol–water partition coefficient (Wildman–Crippen LogP) is 3.05. The minimum atomic E-state index is -4.57. The monoisotopic (exact) mass is 403 g/mol. The van der Waals surface area contributed by atoms with E-state index in [2.05, 4.69) is 4.90 Å². The first-order valence-electron chi connectivity index (χ1n) is 8.66. The van der Waals surface area contributed by atoms with Crippen LogP contribution in [0.1, 0.15) is 5.56 Å². The summed E-state index contributed by atoms with van der Waals surface area (Å²) < 4.78 is 53.5. The summed E-state index contributed by atoms with van der Waals surface area (Å²) >= 11 is 1.24. The molecule has 0 bridgehead atoms. The molecule has 148 valence electrons. The molecule has 1 aromatic carbocycles. The van der Waals surface area contributed by atoms with E-state index in [1.165, 1.54) is 23.9 Å². The van der Waals surface area contributed by atoms with Crippen molar-refractivity contribution in [3.8, 4) is 0 Å². The van der Waals surface area contributed by atoms with Gasteiger partial charge in [-0.3, -0.25) is 0 Å². The zero-order valence-electron chi connectivity index (χ0n) is 14.9. The molecule has 0 aromatic heterocycles. The standard InChI is InChI=1S/C18H21F4N3OS/c1-23-4-6-24(7-5-23)15-11-14(19)3-2-13(15)10-17-16(12-26)25(8-9-27-17)18(20,21)22/h2-3,10-12,16H,4-9H2,1H3. The number of likely N-dealkylation sites (N-methyl/N-ethyl adjacent to an activating group) is 1. The first kappa shape index (κ1) is 20.2. The minimum Gasteiger partial charge on any atom is -0.368 e. The maximum absolute atomic E-state index is 13.8. The van der Waals surface area contributed by atoms with E-state index in [1.807, 2.05) is 11.9 Å². The number of thioether (sulfide) groups is 1. The average molecular weight is 403 g/mol. The van der Waals surface area contributed by atoms with Crippen molar-refractivity contribution >= 4 is 29.8 Å². The number of piperazine rings is 1. The summed E-state index contributed by atoms with van der Waals surface area (Å²) in [5.74, 6) is -0.160. The van der Waals surface area contributed by atoms with E-state index >= 15 is 0 Å². The van der Waals surface area contributed by atoms with Crippen LogP contribution < -0.4 is 4.90 Å². The van der Waals surface area contributed by atoms with Gasteiger partial charge in [-0.25, -0.2) is 4.39 Å². The molecule has 9 heteroatoms. The summed E-state index contributed by atoms with van der Waals surface area (Å²) in [6.45, 7) is 2.81. The van der Waals surface area contributed by atoms with Crippen LogP contribution in [0.5, 0.6) is 0 Å². The number of hydrogen-bond donors (Lipinski definition) is 0. The van der Waals surface area contributed by atoms with Gasteiger partial charge in [0.25, 0.3) is 0 Å². The molecule has 2 saturated heterocycles. The summed E-state index contributed by atoms with van der Waals surface area (Å²) in [5.41, 5.74) is 1.27. The number of benzene rings is 1. The lowest BCUT2D eigenvalue weighted by Crippen LogP contribution is -2.50. The normalized spacial score (nSPS) is 24.4. The zero-order valence-corrected chi connectivity index (χ0v) is 15.7. The third-order valence-corrected chi connectivity index (χ3v) is 5.90. The van der Waals surface area contributed by atoms with Crippen LogP contribution in [0, 0.1) is 5.82 Å². The number of anilines is 1. The van der Waals surface area contributed by atoms with Gasteiger partial charge in [-0.05, 0) is 36.9 Å². The van der Waals surface area contributed by atoms with Crippen LogP contribution in [0.15, 0.2) is 23.1 Å². The Kier molecular flexibility index (Phi) is 6.12. The minimum absolute atomic E-state index is 0.232. The molecule has 27 heavy (non-hydrogen) atoms. The molecule has 1 aromatic rings. The smallest absolute Gasteiger partial charge is 0.368 e. The molecule has 0 aliphatic carbocycles. The Morgan fingerprint density at radius 1 is 1.15 bits per heavy atom. The molecular formula is C18H21F4N3OS. The van der Waals surface area contributed by atoms with Gasteiger partial charge in [-0.1, -0.05) is 0 Å². The molecule has 2 aliphatic rings. The fraction of sp³-hybridized carbons (Fsp3) is 0.500. The Labute approximate surface area is 159 Å². The van der Waals surface area contributed by atoms with Crippen LogP contribution in [0.25, 0.3) is 6.08 Å². The highest BCUT2D eigenvalue weighted by atomic mass is 32.2. The zero-order chi connectivity index (χ0) is 19.6. The second-order valence-electron chi connectivity index (χ2n) is 6.63. The Bertz CT molecular complexity index is 717. The Hall–Kier alpha value is -1.58. The highest BCUT2D eigenvalue weighted by Crippen LogP contribution is 2.37. The quantitative estimate of drug-likeness (QED) is 0.439. The van der Waals surface area contributed by atoms with Crippen LogP contribution in [0.3, 0.4) is 0 Å². The second kappa shape index (κ2) is 8.20. The van der Waals surface area contributed by atoms with Crippen molar-refractivity contribution in [1.29, 1.82) is 0 Å². The topological polar surface area (TPSA) is 26.8 Å². The van der Waals surface area contributed by atoms with E-state index in [1.54, 1.807) is 12.1 Å². The first-order chi connectivity index (χ1) is 12.8. The van der Waals surface area contributed by atoms with E-state index in [9.17, 15) is 22.4 Å². The number of hydrogen-bond acceptors (Lipinski definition) is 5. The third kappa shape index (κ3) is 4.64. The van der Waals surface area contributed by atoms with Gasteiger partial charge in [-0.15, -0.1) is 11.8 Å². The number of carbonyl (C=O) groups is 1. The van der Waals surface area contributed by atoms with Gasteiger partial charge in [0.2, 0.25) is 0 Å². The molecule has 0 amide bonds. The van der Waals surface area contributed by atoms with E-state index in [4.69, 9.17) is 0 Å². The molecule has 0 radical (unpaired) electrons. The summed E-state index contributed by atoms with van der Waals surface area (Å²) in [5, 5.41) is 0. The van der Waals surface area contributed by atoms with Gasteiger partial charge in [-0.2, -0.15) is 18.1 Å². The Morgan fingerprint density at radius 3 is 2.48 bits per heavy atom. The SMILES string of the molecule is CN1CCN(c2cc(F)ccc2C=C2SCCN(C(F)(F)F)C2C=O)CC1. The Morgan fingerprint density at radius 2 is 1.85 bits per heavy atom. The van der Waals surface area contributed by atoms with Crippen LogP contribution in [0.4, 0.5) is 23.2 Å². The largest absolute Gasteiger partial charge is 0.460 e. The number of aldehydes is 1. The van der Waals surface area contributed by atoms with Gasteiger partial charge in [0, 0.05) is 49.1 Å². The van der Waals surface area contributed by atoms with Gasteiger partial charge in [0.15, 0.2) is 0 Å². The van der Waals surface area contributed by atoms with Gasteiger partial charge in [0.1, 0.15) is 18.1 Å². The predicted molar refractivity (Wildman–Crippen MR) is 99.2 cm³/mol. The van der Waals surface area contributed by atoms with E-state index in [0.717, 1.165) is 13.1 Å². The number of carbonyl (C=O) groups excluding carboxylic acids is 1. The van der Waals surface area contributed by atoms with Crippen LogP contribution >= 0.6 is 11.8 Å². The van der Waals surface area contributed by atoms with Crippen LogP contribution in [0.2, 0.25) is 0 Å². The molecule has 2 fully saturated rings. The molecule has 0 saturated carbocycles. The van der Waals surface area contributed by atoms with Crippen molar-refractivity contribution in [3.63, 3.8) is 0 Å². The first-order valence-corrected chi connectivity index (χ1v) is 9.64. The molecule has 2 heterocycles. The lowest BCUT2D eigenvalue weighted by atomic mass is 10.1. The third-order valence-electron chi connectivity index (χ3n) is 4.82. The second-order valence-corrected chi connectivity index (χ2v) is 7.80. The van der Waals surface area contributed by atoms with Crippen molar-refractivity contribution in [2.75, 3.05) is 50.4 Å². The fourth-order valence-electron chi connectivity index (χ4n) is 3.31. The van der Waals surface area contributed by atoms with E-state index < -0.39 is 18.2 Å². The van der Waals surface area contributed by atoms with Crippen molar-refractivity contribution in [2.45, 2.75) is 12.3 Å². The lowest BCUT2D eigenvalue weighted by molar-refractivity contribution is -0.249. The maximum atomic E-state index is 13.8. The maximum Gasteiger partial charge on any atom is 0.460 e. The molecule has 1 unspecified atom stereocenters. The van der Waals surface area contributed by atoms with Crippen molar-refractivity contribution in [2.24, 2.45) is 0 Å². The summed E-state index contributed by atoms with van der Waals surface area (Å²) in [4.78, 5) is 16.2. The van der Waals surface area contributed by atoms with Gasteiger partial charge in [0.05, 0.1) is 0 Å². The van der Waals surface area contributed by atoms with E-state index in [0.29, 0.717) is 35.5 Å².